The highest BCUT2D eigenvalue weighted by Gasteiger charge is 2.24. The van der Waals surface area contributed by atoms with Gasteiger partial charge in [-0.15, -0.1) is 0 Å². The minimum Gasteiger partial charge on any atom is -0.371 e. The lowest BCUT2D eigenvalue weighted by Gasteiger charge is -2.35. The first-order chi connectivity index (χ1) is 16.0. The summed E-state index contributed by atoms with van der Waals surface area (Å²) in [5.74, 6) is -0.792. The smallest absolute Gasteiger partial charge is 0.253 e. The average molecular weight is 446 g/mol. The van der Waals surface area contributed by atoms with Gasteiger partial charge < -0.3 is 15.5 Å². The van der Waals surface area contributed by atoms with E-state index in [-0.39, 0.29) is 23.9 Å². The molecule has 1 aliphatic heterocycles. The van der Waals surface area contributed by atoms with Crippen LogP contribution in [0.1, 0.15) is 52.1 Å². The lowest BCUT2D eigenvalue weighted by Crippen LogP contribution is -2.45. The summed E-state index contributed by atoms with van der Waals surface area (Å²) in [5, 5.41) is 6.10. The van der Waals surface area contributed by atoms with Gasteiger partial charge in [-0.05, 0) is 55.7 Å². The maximum atomic E-state index is 13.4. The van der Waals surface area contributed by atoms with E-state index in [1.165, 1.54) is 18.2 Å². The van der Waals surface area contributed by atoms with Crippen molar-refractivity contribution in [2.24, 2.45) is 0 Å². The van der Waals surface area contributed by atoms with E-state index in [4.69, 9.17) is 0 Å². The number of anilines is 1. The second-order valence-electron chi connectivity index (χ2n) is 8.37. The summed E-state index contributed by atoms with van der Waals surface area (Å²) in [6, 6.07) is 23.1. The SMILES string of the molecule is CC(NC(=O)c1ccccc1N1CCC(NC(=O)c2cccc(F)c2)CC1)c1ccccc1. The number of rotatable bonds is 6. The molecule has 2 N–H and O–H groups in total. The molecule has 0 spiro atoms. The zero-order valence-corrected chi connectivity index (χ0v) is 18.6. The molecule has 1 atom stereocenters. The molecule has 170 valence electrons. The van der Waals surface area contributed by atoms with Gasteiger partial charge in [0.05, 0.1) is 11.6 Å². The van der Waals surface area contributed by atoms with Crippen molar-refractivity contribution in [2.45, 2.75) is 31.8 Å². The Labute approximate surface area is 193 Å². The third kappa shape index (κ3) is 5.58. The molecular weight excluding hydrogens is 417 g/mol. The van der Waals surface area contributed by atoms with Crippen molar-refractivity contribution in [2.75, 3.05) is 18.0 Å². The predicted octanol–water partition coefficient (Wildman–Crippen LogP) is 4.72. The Hall–Kier alpha value is -3.67. The molecule has 0 aliphatic carbocycles. The van der Waals surface area contributed by atoms with Crippen LogP contribution < -0.4 is 15.5 Å². The zero-order chi connectivity index (χ0) is 23.2. The van der Waals surface area contributed by atoms with Crippen LogP contribution in [0.4, 0.5) is 10.1 Å². The molecular formula is C27H28FN3O2. The number of halogens is 1. The van der Waals surface area contributed by atoms with Crippen molar-refractivity contribution < 1.29 is 14.0 Å². The van der Waals surface area contributed by atoms with Crippen molar-refractivity contribution in [1.82, 2.24) is 10.6 Å². The summed E-state index contributed by atoms with van der Waals surface area (Å²) >= 11 is 0. The number of nitrogens with zero attached hydrogens (tertiary/aromatic N) is 1. The van der Waals surface area contributed by atoms with Gasteiger partial charge in [-0.3, -0.25) is 9.59 Å². The number of nitrogens with one attached hydrogen (secondary N) is 2. The topological polar surface area (TPSA) is 61.4 Å². The summed E-state index contributed by atoms with van der Waals surface area (Å²) in [5.41, 5.74) is 2.91. The number of hydrogen-bond acceptors (Lipinski definition) is 3. The molecule has 4 rings (SSSR count). The van der Waals surface area contributed by atoms with Crippen molar-refractivity contribution in [3.63, 3.8) is 0 Å². The van der Waals surface area contributed by atoms with Crippen LogP contribution in [0.5, 0.6) is 0 Å². The quantitative estimate of drug-likeness (QED) is 0.577. The van der Waals surface area contributed by atoms with E-state index < -0.39 is 5.82 Å². The van der Waals surface area contributed by atoms with Crippen LogP contribution in [0.25, 0.3) is 0 Å². The van der Waals surface area contributed by atoms with Gasteiger partial charge in [0.1, 0.15) is 5.82 Å². The first kappa shape index (κ1) is 22.5. The van der Waals surface area contributed by atoms with Gasteiger partial charge in [0.25, 0.3) is 11.8 Å². The van der Waals surface area contributed by atoms with E-state index in [0.29, 0.717) is 24.2 Å². The fraction of sp³-hybridized carbons (Fsp3) is 0.259. The van der Waals surface area contributed by atoms with Crippen LogP contribution in [0.2, 0.25) is 0 Å². The Morgan fingerprint density at radius 2 is 1.61 bits per heavy atom. The second-order valence-corrected chi connectivity index (χ2v) is 8.37. The average Bonchev–Trinajstić information content (AvgIpc) is 2.85. The number of carbonyl (C=O) groups is 2. The minimum atomic E-state index is -0.422. The molecule has 2 amide bonds. The summed E-state index contributed by atoms with van der Waals surface area (Å²) in [4.78, 5) is 27.7. The third-order valence-electron chi connectivity index (χ3n) is 6.05. The standard InChI is InChI=1S/C27H28FN3O2/c1-19(20-8-3-2-4-9-20)29-27(33)24-12-5-6-13-25(24)31-16-14-23(15-17-31)30-26(32)21-10-7-11-22(28)18-21/h2-13,18-19,23H,14-17H2,1H3,(H,29,33)(H,30,32). The monoisotopic (exact) mass is 445 g/mol. The number of piperidine rings is 1. The Bertz CT molecular complexity index is 1110. The van der Waals surface area contributed by atoms with Crippen molar-refractivity contribution in [1.29, 1.82) is 0 Å². The Balaban J connectivity index is 1.38. The Morgan fingerprint density at radius 1 is 0.909 bits per heavy atom. The van der Waals surface area contributed by atoms with Crippen LogP contribution in [-0.2, 0) is 0 Å². The minimum absolute atomic E-state index is 0.0103. The normalized spacial score (nSPS) is 15.0. The van der Waals surface area contributed by atoms with E-state index in [9.17, 15) is 14.0 Å². The number of hydrogen-bond donors (Lipinski definition) is 2. The maximum absolute atomic E-state index is 13.4. The van der Waals surface area contributed by atoms with Gasteiger partial charge >= 0.3 is 0 Å². The van der Waals surface area contributed by atoms with E-state index >= 15 is 0 Å². The van der Waals surface area contributed by atoms with Crippen LogP contribution in [0, 0.1) is 5.82 Å². The van der Waals surface area contributed by atoms with Gasteiger partial charge in [-0.1, -0.05) is 48.5 Å². The molecule has 0 radical (unpaired) electrons. The molecule has 1 unspecified atom stereocenters. The molecule has 6 heteroatoms. The highest BCUT2D eigenvalue weighted by molar-refractivity contribution is 6.00. The highest BCUT2D eigenvalue weighted by atomic mass is 19.1. The van der Waals surface area contributed by atoms with Gasteiger partial charge in [-0.2, -0.15) is 0 Å². The van der Waals surface area contributed by atoms with Gasteiger partial charge in [0.15, 0.2) is 0 Å². The molecule has 0 aromatic heterocycles. The lowest BCUT2D eigenvalue weighted by atomic mass is 10.0. The van der Waals surface area contributed by atoms with Gasteiger partial charge in [0, 0.05) is 30.4 Å². The maximum Gasteiger partial charge on any atom is 0.253 e. The Kier molecular flexibility index (Phi) is 7.03. The molecule has 1 fully saturated rings. The fourth-order valence-electron chi connectivity index (χ4n) is 4.20. The van der Waals surface area contributed by atoms with Crippen LogP contribution in [0.3, 0.4) is 0 Å². The Morgan fingerprint density at radius 3 is 2.33 bits per heavy atom. The van der Waals surface area contributed by atoms with Crippen LogP contribution >= 0.6 is 0 Å². The molecule has 0 bridgehead atoms. The lowest BCUT2D eigenvalue weighted by molar-refractivity contribution is 0.0927. The highest BCUT2D eigenvalue weighted by Crippen LogP contribution is 2.25. The van der Waals surface area contributed by atoms with E-state index in [1.54, 1.807) is 6.07 Å². The fourth-order valence-corrected chi connectivity index (χ4v) is 4.20. The van der Waals surface area contributed by atoms with E-state index in [0.717, 1.165) is 24.1 Å². The molecule has 3 aromatic rings. The summed E-state index contributed by atoms with van der Waals surface area (Å²) < 4.78 is 13.4. The summed E-state index contributed by atoms with van der Waals surface area (Å²) in [7, 11) is 0. The number of benzene rings is 3. The first-order valence-electron chi connectivity index (χ1n) is 11.3. The van der Waals surface area contributed by atoms with Crippen molar-refractivity contribution in [3.05, 3.63) is 101 Å². The van der Waals surface area contributed by atoms with Crippen LogP contribution in [0.15, 0.2) is 78.9 Å². The molecule has 1 heterocycles. The molecule has 5 nitrogen and oxygen atoms in total. The summed E-state index contributed by atoms with van der Waals surface area (Å²) in [6.07, 6.45) is 1.49. The number of amides is 2. The summed E-state index contributed by atoms with van der Waals surface area (Å²) in [6.45, 7) is 3.40. The molecule has 33 heavy (non-hydrogen) atoms. The third-order valence-corrected chi connectivity index (χ3v) is 6.05. The molecule has 1 saturated heterocycles. The van der Waals surface area contributed by atoms with Crippen molar-refractivity contribution in [3.8, 4) is 0 Å². The van der Waals surface area contributed by atoms with E-state index in [2.05, 4.69) is 15.5 Å². The number of carbonyl (C=O) groups excluding carboxylic acids is 2. The zero-order valence-electron chi connectivity index (χ0n) is 18.6. The first-order valence-corrected chi connectivity index (χ1v) is 11.3. The largest absolute Gasteiger partial charge is 0.371 e. The number of para-hydroxylation sites is 1. The molecule has 3 aromatic carbocycles. The van der Waals surface area contributed by atoms with Crippen molar-refractivity contribution >= 4 is 17.5 Å². The second kappa shape index (κ2) is 10.3. The molecule has 1 aliphatic rings. The predicted molar refractivity (Wildman–Crippen MR) is 128 cm³/mol. The van der Waals surface area contributed by atoms with Gasteiger partial charge in [-0.25, -0.2) is 4.39 Å². The van der Waals surface area contributed by atoms with Gasteiger partial charge in [0.2, 0.25) is 0 Å². The molecule has 0 saturated carbocycles. The van der Waals surface area contributed by atoms with Crippen LogP contribution in [-0.4, -0.2) is 30.9 Å². The van der Waals surface area contributed by atoms with E-state index in [1.807, 2.05) is 61.5 Å².